The van der Waals surface area contributed by atoms with Crippen LogP contribution in [0.1, 0.15) is 12.8 Å². The Morgan fingerprint density at radius 2 is 2.00 bits per heavy atom. The van der Waals surface area contributed by atoms with E-state index in [1.54, 1.807) is 0 Å². The Bertz CT molecular complexity index is 231. The van der Waals surface area contributed by atoms with Gasteiger partial charge in [0, 0.05) is 17.4 Å². The third kappa shape index (κ3) is 9.05. The Balaban J connectivity index is 3.36. The Hall–Kier alpha value is -1.04. The van der Waals surface area contributed by atoms with Crippen molar-refractivity contribution < 1.29 is 14.7 Å². The highest BCUT2D eigenvalue weighted by atomic mass is 79.9. The van der Waals surface area contributed by atoms with Crippen LogP contribution in [0, 0.1) is 0 Å². The van der Waals surface area contributed by atoms with Gasteiger partial charge >= 0.3 is 12.0 Å². The molecule has 0 aromatic rings. The van der Waals surface area contributed by atoms with Gasteiger partial charge in [0.2, 0.25) is 0 Å². The maximum atomic E-state index is 11.0. The molecule has 14 heavy (non-hydrogen) atoms. The van der Waals surface area contributed by atoms with Gasteiger partial charge in [-0.2, -0.15) is 0 Å². The monoisotopic (exact) mass is 264 g/mol. The number of aliphatic carboxylic acids is 1. The van der Waals surface area contributed by atoms with E-state index in [1.165, 1.54) is 0 Å². The van der Waals surface area contributed by atoms with Gasteiger partial charge in [0.15, 0.2) is 0 Å². The van der Waals surface area contributed by atoms with Crippen molar-refractivity contribution in [2.45, 2.75) is 12.8 Å². The average molecular weight is 265 g/mol. The van der Waals surface area contributed by atoms with E-state index in [1.807, 2.05) is 0 Å². The number of hydrogen-bond acceptors (Lipinski definition) is 2. The van der Waals surface area contributed by atoms with E-state index < -0.39 is 5.97 Å². The second-order valence-electron chi connectivity index (χ2n) is 2.62. The molecule has 0 bridgehead atoms. The highest BCUT2D eigenvalue weighted by molar-refractivity contribution is 9.11. The SMILES string of the molecule is C=C(Br)CNC(=O)NCCCC(=O)O. The highest BCUT2D eigenvalue weighted by Gasteiger charge is 2.00. The second kappa shape index (κ2) is 7.37. The third-order valence-corrected chi connectivity index (χ3v) is 1.57. The molecule has 0 aromatic heterocycles. The molecule has 0 saturated heterocycles. The second-order valence-corrected chi connectivity index (χ2v) is 3.75. The first kappa shape index (κ1) is 13.0. The minimum Gasteiger partial charge on any atom is -0.481 e. The zero-order valence-corrected chi connectivity index (χ0v) is 9.26. The number of halogens is 1. The standard InChI is InChI=1S/C8H13BrN2O3/c1-6(9)5-11-8(14)10-4-2-3-7(12)13/h1-5H2,(H,12,13)(H2,10,11,14). The molecule has 0 aliphatic heterocycles. The fraction of sp³-hybridized carbons (Fsp3) is 0.500. The van der Waals surface area contributed by atoms with E-state index in [0.717, 1.165) is 0 Å². The normalized spacial score (nSPS) is 9.21. The molecule has 0 aliphatic rings. The van der Waals surface area contributed by atoms with Crippen LogP contribution in [0.4, 0.5) is 4.79 Å². The Morgan fingerprint density at radius 1 is 1.36 bits per heavy atom. The van der Waals surface area contributed by atoms with Gasteiger partial charge in [0.25, 0.3) is 0 Å². The minimum absolute atomic E-state index is 0.0609. The lowest BCUT2D eigenvalue weighted by Gasteiger charge is -2.05. The lowest BCUT2D eigenvalue weighted by molar-refractivity contribution is -0.137. The Morgan fingerprint density at radius 3 is 2.50 bits per heavy atom. The fourth-order valence-electron chi connectivity index (χ4n) is 0.680. The van der Waals surface area contributed by atoms with Crippen LogP contribution in [0.3, 0.4) is 0 Å². The number of urea groups is 1. The molecule has 0 unspecified atom stereocenters. The van der Waals surface area contributed by atoms with Gasteiger partial charge in [0.05, 0.1) is 6.54 Å². The van der Waals surface area contributed by atoms with Crippen LogP contribution in [0.15, 0.2) is 11.1 Å². The zero-order chi connectivity index (χ0) is 11.0. The summed E-state index contributed by atoms with van der Waals surface area (Å²) in [4.78, 5) is 21.1. The summed E-state index contributed by atoms with van der Waals surface area (Å²) in [6.07, 6.45) is 0.490. The quantitative estimate of drug-likeness (QED) is 0.628. The Labute approximate surface area is 90.7 Å². The van der Waals surface area contributed by atoms with Crippen molar-refractivity contribution in [3.8, 4) is 0 Å². The predicted octanol–water partition coefficient (Wildman–Crippen LogP) is 1.06. The van der Waals surface area contributed by atoms with Crippen molar-refractivity contribution in [1.29, 1.82) is 0 Å². The summed E-state index contributed by atoms with van der Waals surface area (Å²) in [5.41, 5.74) is 0. The maximum absolute atomic E-state index is 11.0. The summed E-state index contributed by atoms with van der Waals surface area (Å²) < 4.78 is 0.679. The number of carboxylic acid groups (broad SMARTS) is 1. The number of carbonyl (C=O) groups is 2. The molecule has 0 aromatic carbocycles. The Kier molecular flexibility index (Phi) is 6.82. The molecule has 0 fully saturated rings. The van der Waals surface area contributed by atoms with E-state index in [9.17, 15) is 9.59 Å². The smallest absolute Gasteiger partial charge is 0.315 e. The lowest BCUT2D eigenvalue weighted by atomic mass is 10.3. The van der Waals surface area contributed by atoms with Crippen molar-refractivity contribution in [1.82, 2.24) is 10.6 Å². The summed E-state index contributed by atoms with van der Waals surface area (Å²) in [6.45, 7) is 4.25. The van der Waals surface area contributed by atoms with E-state index in [4.69, 9.17) is 5.11 Å². The fourth-order valence-corrected chi connectivity index (χ4v) is 0.820. The van der Waals surface area contributed by atoms with Crippen LogP contribution < -0.4 is 10.6 Å². The van der Waals surface area contributed by atoms with Crippen molar-refractivity contribution >= 4 is 27.9 Å². The largest absolute Gasteiger partial charge is 0.481 e. The van der Waals surface area contributed by atoms with Gasteiger partial charge in [-0.05, 0) is 6.42 Å². The van der Waals surface area contributed by atoms with E-state index in [0.29, 0.717) is 24.0 Å². The number of amides is 2. The predicted molar refractivity (Wildman–Crippen MR) is 56.3 cm³/mol. The van der Waals surface area contributed by atoms with Gasteiger partial charge < -0.3 is 15.7 Å². The average Bonchev–Trinajstić information content (AvgIpc) is 2.08. The van der Waals surface area contributed by atoms with E-state index in [-0.39, 0.29) is 12.5 Å². The molecule has 0 aliphatic carbocycles. The first-order valence-electron chi connectivity index (χ1n) is 4.09. The summed E-state index contributed by atoms with van der Waals surface area (Å²) in [5, 5.41) is 13.4. The number of rotatable bonds is 6. The summed E-state index contributed by atoms with van der Waals surface area (Å²) in [7, 11) is 0. The van der Waals surface area contributed by atoms with Crippen LogP contribution in [0.2, 0.25) is 0 Å². The van der Waals surface area contributed by atoms with Gasteiger partial charge in [-0.1, -0.05) is 22.5 Å². The molecule has 0 rings (SSSR count). The summed E-state index contributed by atoms with van der Waals surface area (Å²) in [5.74, 6) is -0.860. The van der Waals surface area contributed by atoms with Crippen molar-refractivity contribution in [3.05, 3.63) is 11.1 Å². The molecule has 0 saturated carbocycles. The van der Waals surface area contributed by atoms with Crippen LogP contribution in [-0.4, -0.2) is 30.2 Å². The number of carbonyl (C=O) groups excluding carboxylic acids is 1. The highest BCUT2D eigenvalue weighted by Crippen LogP contribution is 1.96. The van der Waals surface area contributed by atoms with Gasteiger partial charge in [-0.25, -0.2) is 4.79 Å². The number of carboxylic acids is 1. The molecule has 6 heteroatoms. The van der Waals surface area contributed by atoms with Crippen LogP contribution >= 0.6 is 15.9 Å². The first-order chi connectivity index (χ1) is 6.52. The van der Waals surface area contributed by atoms with Crippen molar-refractivity contribution in [3.63, 3.8) is 0 Å². The molecule has 2 amide bonds. The molecule has 80 valence electrons. The zero-order valence-electron chi connectivity index (χ0n) is 7.68. The molecule has 5 nitrogen and oxygen atoms in total. The van der Waals surface area contributed by atoms with Gasteiger partial charge in [-0.3, -0.25) is 4.79 Å². The van der Waals surface area contributed by atoms with Crippen LogP contribution in [0.25, 0.3) is 0 Å². The topological polar surface area (TPSA) is 78.4 Å². The van der Waals surface area contributed by atoms with Crippen LogP contribution in [0.5, 0.6) is 0 Å². The first-order valence-corrected chi connectivity index (χ1v) is 4.88. The summed E-state index contributed by atoms with van der Waals surface area (Å²) >= 11 is 3.09. The van der Waals surface area contributed by atoms with Gasteiger partial charge in [-0.15, -0.1) is 0 Å². The van der Waals surface area contributed by atoms with E-state index in [2.05, 4.69) is 33.1 Å². The molecule has 0 spiro atoms. The van der Waals surface area contributed by atoms with Gasteiger partial charge in [0.1, 0.15) is 0 Å². The molecular formula is C8H13BrN2O3. The number of nitrogens with one attached hydrogen (secondary N) is 2. The van der Waals surface area contributed by atoms with Crippen molar-refractivity contribution in [2.75, 3.05) is 13.1 Å². The molecular weight excluding hydrogens is 252 g/mol. The molecule has 0 atom stereocenters. The maximum Gasteiger partial charge on any atom is 0.315 e. The van der Waals surface area contributed by atoms with Crippen LogP contribution in [-0.2, 0) is 4.79 Å². The third-order valence-electron chi connectivity index (χ3n) is 1.29. The summed E-state index contributed by atoms with van der Waals surface area (Å²) in [6, 6.07) is -0.323. The molecule has 0 radical (unpaired) electrons. The van der Waals surface area contributed by atoms with E-state index >= 15 is 0 Å². The minimum atomic E-state index is -0.860. The lowest BCUT2D eigenvalue weighted by Crippen LogP contribution is -2.36. The molecule has 3 N–H and O–H groups in total. The number of hydrogen-bond donors (Lipinski definition) is 3. The van der Waals surface area contributed by atoms with Crippen molar-refractivity contribution in [2.24, 2.45) is 0 Å². The molecule has 0 heterocycles.